The zero-order valence-electron chi connectivity index (χ0n) is 6.01. The van der Waals surface area contributed by atoms with Gasteiger partial charge >= 0.3 is 0 Å². The second-order valence-corrected chi connectivity index (χ2v) is 2.79. The average Bonchev–Trinajstić information content (AvgIpc) is 1.82. The molecule has 0 spiro atoms. The van der Waals surface area contributed by atoms with Crippen LogP contribution in [0.2, 0.25) is 0 Å². The maximum Gasteiger partial charge on any atom is 0.244 e. The molecule has 1 amide bonds. The highest BCUT2D eigenvalue weighted by atomic mass is 32.1. The number of likely N-dealkylation sites (N-methyl/N-ethyl adjacent to an activating group) is 1. The summed E-state index contributed by atoms with van der Waals surface area (Å²) in [6.07, 6.45) is 0. The maximum atomic E-state index is 10.8. The van der Waals surface area contributed by atoms with E-state index in [9.17, 15) is 4.79 Å². The number of allylic oxidation sites excluding steroid dienone is 1. The molecule has 0 aliphatic carbocycles. The van der Waals surface area contributed by atoms with Crippen molar-refractivity contribution in [2.45, 2.75) is 6.92 Å². The van der Waals surface area contributed by atoms with Gasteiger partial charge in [0.1, 0.15) is 0 Å². The van der Waals surface area contributed by atoms with Gasteiger partial charge < -0.3 is 10.2 Å². The third-order valence-corrected chi connectivity index (χ3v) is 1.99. The Morgan fingerprint density at radius 1 is 1.70 bits per heavy atom. The molecule has 1 heterocycles. The lowest BCUT2D eigenvalue weighted by atomic mass is 10.3. The first kappa shape index (κ1) is 7.47. The number of amides is 1. The molecule has 10 heavy (non-hydrogen) atoms. The van der Waals surface area contributed by atoms with E-state index >= 15 is 0 Å². The average molecular weight is 158 g/mol. The van der Waals surface area contributed by atoms with Crippen molar-refractivity contribution in [2.24, 2.45) is 0 Å². The Labute approximate surface area is 65.5 Å². The van der Waals surface area contributed by atoms with Gasteiger partial charge in [0.25, 0.3) is 0 Å². The molecule has 4 heteroatoms. The van der Waals surface area contributed by atoms with Gasteiger partial charge in [0.15, 0.2) is 0 Å². The molecule has 56 valence electrons. The molecule has 1 N–H and O–H groups in total. The molecule has 1 aliphatic heterocycles. The number of carbonyl (C=O) groups is 1. The van der Waals surface area contributed by atoms with Crippen molar-refractivity contribution < 1.29 is 4.79 Å². The van der Waals surface area contributed by atoms with Crippen LogP contribution in [0.25, 0.3) is 0 Å². The minimum atomic E-state index is -0.00176. The fourth-order valence-corrected chi connectivity index (χ4v) is 1.07. The summed E-state index contributed by atoms with van der Waals surface area (Å²) < 4.78 is 0. The maximum absolute atomic E-state index is 10.8. The van der Waals surface area contributed by atoms with Crippen molar-refractivity contribution in [1.29, 1.82) is 0 Å². The largest absolute Gasteiger partial charge is 0.367 e. The fourth-order valence-electron chi connectivity index (χ4n) is 0.777. The molecule has 0 radical (unpaired) electrons. The summed E-state index contributed by atoms with van der Waals surface area (Å²) >= 11 is 4.08. The van der Waals surface area contributed by atoms with Crippen LogP contribution in [-0.2, 0) is 4.79 Å². The second-order valence-electron chi connectivity index (χ2n) is 2.34. The van der Waals surface area contributed by atoms with Crippen LogP contribution in [0.4, 0.5) is 0 Å². The van der Waals surface area contributed by atoms with E-state index in [1.807, 2.05) is 18.9 Å². The van der Waals surface area contributed by atoms with Gasteiger partial charge in [-0.1, -0.05) is 0 Å². The van der Waals surface area contributed by atoms with E-state index in [2.05, 4.69) is 17.9 Å². The minimum Gasteiger partial charge on any atom is -0.367 e. The number of nitrogens with one attached hydrogen (secondary N) is 1. The predicted molar refractivity (Wildman–Crippen MR) is 42.5 cm³/mol. The van der Waals surface area contributed by atoms with E-state index in [-0.39, 0.29) is 5.91 Å². The highest BCUT2D eigenvalue weighted by Crippen LogP contribution is 2.12. The molecule has 0 saturated heterocycles. The van der Waals surface area contributed by atoms with Gasteiger partial charge in [0, 0.05) is 12.7 Å². The first-order valence-corrected chi connectivity index (χ1v) is 3.47. The van der Waals surface area contributed by atoms with Crippen molar-refractivity contribution in [3.63, 3.8) is 0 Å². The van der Waals surface area contributed by atoms with Crippen LogP contribution in [0.3, 0.4) is 0 Å². The molecule has 1 rings (SSSR count). The Bertz CT molecular complexity index is 200. The summed E-state index contributed by atoms with van der Waals surface area (Å²) in [4.78, 5) is 12.7. The highest BCUT2D eigenvalue weighted by molar-refractivity contribution is 7.84. The Balaban J connectivity index is 2.84. The fraction of sp³-hybridized carbons (Fsp3) is 0.500. The molecule has 0 aromatic heterocycles. The van der Waals surface area contributed by atoms with Gasteiger partial charge in [-0.05, 0) is 6.92 Å². The zero-order valence-corrected chi connectivity index (χ0v) is 6.90. The van der Waals surface area contributed by atoms with Crippen LogP contribution >= 0.6 is 12.6 Å². The summed E-state index contributed by atoms with van der Waals surface area (Å²) in [5.74, 6) is -0.00176. The third kappa shape index (κ3) is 1.26. The summed E-state index contributed by atoms with van der Waals surface area (Å²) in [7, 11) is 1.87. The van der Waals surface area contributed by atoms with Crippen molar-refractivity contribution in [3.05, 3.63) is 10.7 Å². The topological polar surface area (TPSA) is 32.3 Å². The Kier molecular flexibility index (Phi) is 1.89. The van der Waals surface area contributed by atoms with Crippen LogP contribution in [0.15, 0.2) is 10.7 Å². The summed E-state index contributed by atoms with van der Waals surface area (Å²) in [5.41, 5.74) is 1.00. The number of hydrogen-bond acceptors (Lipinski definition) is 3. The van der Waals surface area contributed by atoms with E-state index in [0.29, 0.717) is 11.6 Å². The lowest BCUT2D eigenvalue weighted by Gasteiger charge is -2.25. The summed E-state index contributed by atoms with van der Waals surface area (Å²) in [5, 5.41) is 3.27. The SMILES string of the molecule is CC1=C(S)NC(=O)CN1C. The van der Waals surface area contributed by atoms with Gasteiger partial charge in [-0.2, -0.15) is 0 Å². The van der Waals surface area contributed by atoms with Gasteiger partial charge in [-0.25, -0.2) is 0 Å². The van der Waals surface area contributed by atoms with Crippen LogP contribution in [0.5, 0.6) is 0 Å². The number of nitrogens with zero attached hydrogens (tertiary/aromatic N) is 1. The number of hydrogen-bond donors (Lipinski definition) is 2. The molecule has 0 bridgehead atoms. The third-order valence-electron chi connectivity index (χ3n) is 1.55. The van der Waals surface area contributed by atoms with Crippen LogP contribution in [-0.4, -0.2) is 24.4 Å². The van der Waals surface area contributed by atoms with Crippen molar-refractivity contribution >= 4 is 18.5 Å². The highest BCUT2D eigenvalue weighted by Gasteiger charge is 2.15. The van der Waals surface area contributed by atoms with Crippen molar-refractivity contribution in [2.75, 3.05) is 13.6 Å². The molecule has 0 saturated carbocycles. The van der Waals surface area contributed by atoms with Crippen molar-refractivity contribution in [1.82, 2.24) is 10.2 Å². The first-order chi connectivity index (χ1) is 4.61. The van der Waals surface area contributed by atoms with Gasteiger partial charge in [0.05, 0.1) is 11.6 Å². The molecule has 0 atom stereocenters. The van der Waals surface area contributed by atoms with E-state index < -0.39 is 0 Å². The Hall–Kier alpha value is -0.640. The summed E-state index contributed by atoms with van der Waals surface area (Å²) in [6, 6.07) is 0. The molecule has 0 aromatic rings. The standard InChI is InChI=1S/C6H10N2OS/c1-4-6(10)7-5(9)3-8(4)2/h10H,3H2,1-2H3,(H,7,9). The molecular formula is C6H10N2OS. The Morgan fingerprint density at radius 2 is 2.30 bits per heavy atom. The van der Waals surface area contributed by atoms with E-state index in [0.717, 1.165) is 5.70 Å². The second kappa shape index (κ2) is 2.54. The van der Waals surface area contributed by atoms with Crippen LogP contribution < -0.4 is 5.32 Å². The molecular weight excluding hydrogens is 148 g/mol. The predicted octanol–water partition coefficient (Wildman–Crippen LogP) is 0.167. The van der Waals surface area contributed by atoms with Crippen LogP contribution in [0, 0.1) is 0 Å². The van der Waals surface area contributed by atoms with E-state index in [1.54, 1.807) is 0 Å². The van der Waals surface area contributed by atoms with Gasteiger partial charge in [-0.15, -0.1) is 12.6 Å². The summed E-state index contributed by atoms with van der Waals surface area (Å²) in [6.45, 7) is 2.34. The first-order valence-electron chi connectivity index (χ1n) is 3.02. The smallest absolute Gasteiger partial charge is 0.244 e. The quantitative estimate of drug-likeness (QED) is 0.492. The molecule has 3 nitrogen and oxygen atoms in total. The monoisotopic (exact) mass is 158 g/mol. The number of rotatable bonds is 0. The molecule has 0 fully saturated rings. The number of carbonyl (C=O) groups excluding carboxylic acids is 1. The molecule has 0 aromatic carbocycles. The van der Waals surface area contributed by atoms with E-state index in [4.69, 9.17) is 0 Å². The van der Waals surface area contributed by atoms with Crippen LogP contribution in [0.1, 0.15) is 6.92 Å². The van der Waals surface area contributed by atoms with Crippen molar-refractivity contribution in [3.8, 4) is 0 Å². The van der Waals surface area contributed by atoms with E-state index in [1.165, 1.54) is 0 Å². The van der Waals surface area contributed by atoms with Gasteiger partial charge in [0.2, 0.25) is 5.91 Å². The molecule has 0 unspecified atom stereocenters. The normalized spacial score (nSPS) is 19.5. The number of thiol groups is 1. The lowest BCUT2D eigenvalue weighted by Crippen LogP contribution is -2.39. The Morgan fingerprint density at radius 3 is 2.80 bits per heavy atom. The molecule has 1 aliphatic rings. The lowest BCUT2D eigenvalue weighted by molar-refractivity contribution is -0.121. The minimum absolute atomic E-state index is 0.00176. The van der Waals surface area contributed by atoms with Gasteiger partial charge in [-0.3, -0.25) is 4.79 Å². The zero-order chi connectivity index (χ0) is 7.72.